The summed E-state index contributed by atoms with van der Waals surface area (Å²) >= 11 is 0. The van der Waals surface area contributed by atoms with Gasteiger partial charge in [-0.2, -0.15) is 0 Å². The maximum Gasteiger partial charge on any atom is 0.0789 e. The summed E-state index contributed by atoms with van der Waals surface area (Å²) in [4.78, 5) is 2.54. The Labute approximate surface area is 388 Å². The molecule has 0 unspecified atom stereocenters. The molecule has 0 bridgehead atoms. The lowest BCUT2D eigenvalue weighted by molar-refractivity contribution is 0.661. The van der Waals surface area contributed by atoms with Gasteiger partial charge in [0.05, 0.1) is 44.2 Å². The fraction of sp³-hybridized carbons (Fsp3) is 0.0625. The first-order valence-corrected chi connectivity index (χ1v) is 23.5. The lowest BCUT2D eigenvalue weighted by Crippen LogP contribution is -2.28. The Morgan fingerprint density at radius 2 is 0.836 bits per heavy atom. The molecule has 0 radical (unpaired) electrons. The van der Waals surface area contributed by atoms with Crippen LogP contribution < -0.4 is 4.90 Å². The van der Waals surface area contributed by atoms with E-state index < -0.39 is 5.41 Å². The van der Waals surface area contributed by atoms with Crippen LogP contribution in [-0.4, -0.2) is 8.80 Å². The van der Waals surface area contributed by atoms with Crippen molar-refractivity contribution in [3.8, 4) is 22.3 Å². The first-order valence-electron chi connectivity index (χ1n) is 23.5. The second-order valence-electron chi connectivity index (χ2n) is 19.2. The molecule has 0 N–H and O–H groups in total. The number of para-hydroxylation sites is 2. The molecule has 2 aliphatic rings. The maximum atomic E-state index is 2.54. The van der Waals surface area contributed by atoms with Crippen LogP contribution in [0.1, 0.15) is 47.2 Å². The molecular weight excluding hydrogens is 811 g/mol. The van der Waals surface area contributed by atoms with E-state index in [9.17, 15) is 0 Å². The summed E-state index contributed by atoms with van der Waals surface area (Å²) in [7, 11) is 0. The van der Waals surface area contributed by atoms with E-state index in [0.717, 1.165) is 11.4 Å². The van der Waals surface area contributed by atoms with Crippen LogP contribution in [0.15, 0.2) is 224 Å². The summed E-state index contributed by atoms with van der Waals surface area (Å²) in [6, 6.07) is 84.3. The van der Waals surface area contributed by atoms with Crippen LogP contribution in [0.4, 0.5) is 17.1 Å². The molecule has 0 amide bonds. The minimum atomic E-state index is -0.486. The van der Waals surface area contributed by atoms with Gasteiger partial charge >= 0.3 is 0 Å². The van der Waals surface area contributed by atoms with Gasteiger partial charge in [0.2, 0.25) is 0 Å². The van der Waals surface area contributed by atoms with Gasteiger partial charge in [-0.25, -0.2) is 0 Å². The van der Waals surface area contributed by atoms with Crippen molar-refractivity contribution in [2.75, 3.05) is 4.90 Å². The largest absolute Gasteiger partial charge is 0.310 e. The predicted molar refractivity (Wildman–Crippen MR) is 279 cm³/mol. The number of nitrogens with zero attached hydrogens (tertiary/aromatic N) is 3. The standard InChI is InChI=1S/C64H43N3/c1-63(2)52-25-11-6-21-46(52)49-24-16-30-58(60(49)63)65(42-33-31-41(32-34-42)64(40-17-4-3-5-18-40)53-26-12-7-19-44(53)45-20-8-13-27-54(45)64)43-35-38-57-59(39-43)67-56-29-15-10-23-48(56)51-37-36-50-47-22-9-14-28-55(47)66(57)61(50)62(51)67/h3-39H,1-2H3. The predicted octanol–water partition coefficient (Wildman–Crippen LogP) is 16.4. The molecule has 3 nitrogen and oxygen atoms in total. The van der Waals surface area contributed by atoms with E-state index in [1.54, 1.807) is 0 Å². The number of fused-ring (bicyclic) bond motifs is 15. The van der Waals surface area contributed by atoms with Crippen molar-refractivity contribution in [2.45, 2.75) is 24.7 Å². The lowest BCUT2D eigenvalue weighted by atomic mass is 9.67. The molecule has 0 fully saturated rings. The normalized spacial score (nSPS) is 14.4. The summed E-state index contributed by atoms with van der Waals surface area (Å²) in [6.45, 7) is 4.80. The molecule has 2 aliphatic carbocycles. The Balaban J connectivity index is 1.02. The van der Waals surface area contributed by atoms with E-state index in [1.807, 2.05) is 0 Å². The second-order valence-corrected chi connectivity index (χ2v) is 19.2. The highest BCUT2D eigenvalue weighted by molar-refractivity contribution is 6.25. The SMILES string of the molecule is CC1(C)c2ccccc2-c2cccc(N(c3ccc(C4(c5ccccc5)c5ccccc5-c5ccccc54)cc3)c3ccc4c(c3)n3c5ccccc5c5ccc6c7ccccc7n4c6c53)c21. The number of anilines is 3. The third-order valence-electron chi connectivity index (χ3n) is 15.7. The summed E-state index contributed by atoms with van der Waals surface area (Å²) < 4.78 is 5.06. The molecular formula is C64H43N3. The molecule has 0 saturated carbocycles. The zero-order valence-electron chi connectivity index (χ0n) is 37.2. The summed E-state index contributed by atoms with van der Waals surface area (Å²) in [5.41, 5.74) is 23.1. The molecule has 67 heavy (non-hydrogen) atoms. The van der Waals surface area contributed by atoms with E-state index in [0.29, 0.717) is 0 Å². The van der Waals surface area contributed by atoms with Crippen LogP contribution in [0, 0.1) is 0 Å². The van der Waals surface area contributed by atoms with Crippen LogP contribution in [-0.2, 0) is 10.8 Å². The molecule has 3 heterocycles. The van der Waals surface area contributed by atoms with Gasteiger partial charge in [-0.05, 0) is 104 Å². The molecule has 314 valence electrons. The molecule has 10 aromatic carbocycles. The second kappa shape index (κ2) is 13.1. The van der Waals surface area contributed by atoms with Crippen LogP contribution in [0.25, 0.3) is 76.9 Å². The monoisotopic (exact) mass is 853 g/mol. The van der Waals surface area contributed by atoms with Gasteiger partial charge < -0.3 is 13.7 Å². The summed E-state index contributed by atoms with van der Waals surface area (Å²) in [5.74, 6) is 0. The van der Waals surface area contributed by atoms with Gasteiger partial charge in [0.15, 0.2) is 0 Å². The molecule has 3 aromatic heterocycles. The van der Waals surface area contributed by atoms with E-state index in [-0.39, 0.29) is 5.41 Å². The van der Waals surface area contributed by atoms with Crippen LogP contribution in [0.2, 0.25) is 0 Å². The first kappa shape index (κ1) is 36.9. The maximum absolute atomic E-state index is 2.54. The van der Waals surface area contributed by atoms with E-state index in [1.165, 1.54) is 116 Å². The molecule has 0 spiro atoms. The Morgan fingerprint density at radius 1 is 0.343 bits per heavy atom. The van der Waals surface area contributed by atoms with Gasteiger partial charge in [0.1, 0.15) is 0 Å². The minimum absolute atomic E-state index is 0.235. The first-order chi connectivity index (χ1) is 33.0. The summed E-state index contributed by atoms with van der Waals surface area (Å²) in [5, 5.41) is 5.10. The zero-order chi connectivity index (χ0) is 44.2. The minimum Gasteiger partial charge on any atom is -0.310 e. The highest BCUT2D eigenvalue weighted by atomic mass is 15.1. The average Bonchev–Trinajstić information content (AvgIpc) is 4.08. The molecule has 13 aromatic rings. The smallest absolute Gasteiger partial charge is 0.0789 e. The zero-order valence-corrected chi connectivity index (χ0v) is 37.2. The third kappa shape index (κ3) is 4.61. The van der Waals surface area contributed by atoms with Gasteiger partial charge in [-0.15, -0.1) is 0 Å². The average molecular weight is 854 g/mol. The molecule has 3 heteroatoms. The highest BCUT2D eigenvalue weighted by Gasteiger charge is 2.46. The highest BCUT2D eigenvalue weighted by Crippen LogP contribution is 2.58. The van der Waals surface area contributed by atoms with E-state index in [4.69, 9.17) is 0 Å². The van der Waals surface area contributed by atoms with Gasteiger partial charge in [0, 0.05) is 38.3 Å². The van der Waals surface area contributed by atoms with Crippen molar-refractivity contribution >= 4 is 71.7 Å². The lowest BCUT2D eigenvalue weighted by Gasteiger charge is -2.35. The summed E-state index contributed by atoms with van der Waals surface area (Å²) in [6.07, 6.45) is 0. The molecule has 0 atom stereocenters. The topological polar surface area (TPSA) is 12.1 Å². The number of benzene rings is 10. The number of hydrogen-bond acceptors (Lipinski definition) is 1. The van der Waals surface area contributed by atoms with Gasteiger partial charge in [-0.1, -0.05) is 190 Å². The quantitative estimate of drug-likeness (QED) is 0.157. The molecule has 15 rings (SSSR count). The van der Waals surface area contributed by atoms with Crippen LogP contribution in [0.5, 0.6) is 0 Å². The number of hydrogen-bond donors (Lipinski definition) is 0. The van der Waals surface area contributed by atoms with Gasteiger partial charge in [0.25, 0.3) is 0 Å². The van der Waals surface area contributed by atoms with E-state index in [2.05, 4.69) is 252 Å². The van der Waals surface area contributed by atoms with Gasteiger partial charge in [-0.3, -0.25) is 0 Å². The van der Waals surface area contributed by atoms with Crippen molar-refractivity contribution < 1.29 is 0 Å². The Bertz CT molecular complexity index is 4140. The van der Waals surface area contributed by atoms with Crippen molar-refractivity contribution in [3.63, 3.8) is 0 Å². The van der Waals surface area contributed by atoms with E-state index >= 15 is 0 Å². The van der Waals surface area contributed by atoms with Crippen LogP contribution >= 0.6 is 0 Å². The Hall–Kier alpha value is -8.40. The van der Waals surface area contributed by atoms with Crippen molar-refractivity contribution in [3.05, 3.63) is 258 Å². The third-order valence-corrected chi connectivity index (χ3v) is 15.7. The molecule has 0 saturated heterocycles. The van der Waals surface area contributed by atoms with Crippen LogP contribution in [0.3, 0.4) is 0 Å². The Morgan fingerprint density at radius 3 is 1.48 bits per heavy atom. The fourth-order valence-electron chi connectivity index (χ4n) is 13.0. The number of aromatic nitrogens is 2. The van der Waals surface area contributed by atoms with Crippen molar-refractivity contribution in [1.29, 1.82) is 0 Å². The molecule has 0 aliphatic heterocycles. The number of rotatable bonds is 5. The fourth-order valence-corrected chi connectivity index (χ4v) is 13.0. The van der Waals surface area contributed by atoms with Crippen molar-refractivity contribution in [1.82, 2.24) is 8.80 Å². The van der Waals surface area contributed by atoms with Crippen molar-refractivity contribution in [2.24, 2.45) is 0 Å². The Kier molecular flexibility index (Phi) is 7.22.